The Hall–Kier alpha value is -1.34. The van der Waals surface area contributed by atoms with Crippen molar-refractivity contribution >= 4 is 35.0 Å². The van der Waals surface area contributed by atoms with E-state index in [9.17, 15) is 4.79 Å². The minimum absolute atomic E-state index is 0.127. The lowest BCUT2D eigenvalue weighted by atomic mass is 9.77. The number of piperidine rings is 1. The van der Waals surface area contributed by atoms with Crippen molar-refractivity contribution in [2.24, 2.45) is 5.41 Å². The van der Waals surface area contributed by atoms with Crippen LogP contribution in [0, 0.1) is 5.41 Å². The van der Waals surface area contributed by atoms with Gasteiger partial charge in [0.05, 0.1) is 5.56 Å². The van der Waals surface area contributed by atoms with E-state index in [0.29, 0.717) is 11.5 Å². The molecule has 1 aromatic heterocycles. The number of pyridine rings is 1. The van der Waals surface area contributed by atoms with Crippen LogP contribution in [0.4, 0.5) is 0 Å². The quantitative estimate of drug-likeness (QED) is 0.577. The number of amides is 1. The maximum absolute atomic E-state index is 13.0. The van der Waals surface area contributed by atoms with Crippen LogP contribution in [-0.4, -0.2) is 64.3 Å². The van der Waals surface area contributed by atoms with Crippen LogP contribution in [0.15, 0.2) is 23.4 Å². The molecule has 7 heteroatoms. The van der Waals surface area contributed by atoms with Gasteiger partial charge in [0.1, 0.15) is 5.03 Å². The minimum Gasteiger partial charge on any atom is -0.360 e. The summed E-state index contributed by atoms with van der Waals surface area (Å²) in [6.07, 6.45) is 13.6. The first kappa shape index (κ1) is 20.9. The Morgan fingerprint density at radius 1 is 1.17 bits per heavy atom. The predicted octanol–water partition coefficient (Wildman–Crippen LogP) is 3.94. The van der Waals surface area contributed by atoms with Gasteiger partial charge in [0.2, 0.25) is 0 Å². The Balaban J connectivity index is 1.31. The van der Waals surface area contributed by atoms with Gasteiger partial charge in [-0.1, -0.05) is 19.3 Å². The average molecular weight is 433 g/mol. The number of thiocarbonyl (C=S) groups is 1. The zero-order valence-electron chi connectivity index (χ0n) is 17.4. The summed E-state index contributed by atoms with van der Waals surface area (Å²) in [5, 5.41) is 5.40. The number of hydrogen-bond acceptors (Lipinski definition) is 4. The molecule has 1 saturated carbocycles. The van der Waals surface area contributed by atoms with E-state index < -0.39 is 0 Å². The van der Waals surface area contributed by atoms with Crippen LogP contribution in [0.5, 0.6) is 0 Å². The summed E-state index contributed by atoms with van der Waals surface area (Å²) >= 11 is 7.28. The number of likely N-dealkylation sites (tertiary alicyclic amines) is 2. The number of carbonyl (C=O) groups excluding carboxylic acids is 1. The minimum atomic E-state index is 0.127. The van der Waals surface area contributed by atoms with Gasteiger partial charge in [0, 0.05) is 38.4 Å². The van der Waals surface area contributed by atoms with Crippen molar-refractivity contribution in [2.75, 3.05) is 32.4 Å². The van der Waals surface area contributed by atoms with Gasteiger partial charge in [0.25, 0.3) is 5.91 Å². The standard InChI is InChI=1S/C22H32N4OS2/c1-29-19-18(8-5-12-23-19)20(27)25-13-9-22(10-14-25)11-15-26(16-22)21(28)24-17-6-3-2-4-7-17/h5,8,12,17H,2-4,6-7,9-11,13-16H2,1H3,(H,24,28). The molecule has 1 amide bonds. The van der Waals surface area contributed by atoms with Gasteiger partial charge in [-0.3, -0.25) is 4.79 Å². The molecular formula is C22H32N4OS2. The molecule has 158 valence electrons. The van der Waals surface area contributed by atoms with Crippen molar-refractivity contribution < 1.29 is 4.79 Å². The van der Waals surface area contributed by atoms with Gasteiger partial charge < -0.3 is 15.1 Å². The van der Waals surface area contributed by atoms with Crippen molar-refractivity contribution in [3.8, 4) is 0 Å². The maximum Gasteiger partial charge on any atom is 0.256 e. The van der Waals surface area contributed by atoms with Crippen LogP contribution < -0.4 is 5.32 Å². The fourth-order valence-electron chi connectivity index (χ4n) is 5.10. The van der Waals surface area contributed by atoms with Gasteiger partial charge in [-0.2, -0.15) is 0 Å². The summed E-state index contributed by atoms with van der Waals surface area (Å²) in [5.41, 5.74) is 1.05. The fraction of sp³-hybridized carbons (Fsp3) is 0.682. The number of thioether (sulfide) groups is 1. The number of rotatable bonds is 3. The lowest BCUT2D eigenvalue weighted by Gasteiger charge is -2.39. The van der Waals surface area contributed by atoms with E-state index in [-0.39, 0.29) is 5.91 Å². The van der Waals surface area contributed by atoms with E-state index in [4.69, 9.17) is 12.2 Å². The summed E-state index contributed by atoms with van der Waals surface area (Å²) < 4.78 is 0. The molecule has 0 bridgehead atoms. The topological polar surface area (TPSA) is 48.5 Å². The third kappa shape index (κ3) is 4.71. The molecule has 3 fully saturated rings. The van der Waals surface area contributed by atoms with Crippen LogP contribution in [0.25, 0.3) is 0 Å². The largest absolute Gasteiger partial charge is 0.360 e. The normalized spacial score (nSPS) is 22.1. The zero-order valence-corrected chi connectivity index (χ0v) is 19.0. The van der Waals surface area contributed by atoms with Gasteiger partial charge >= 0.3 is 0 Å². The maximum atomic E-state index is 13.0. The molecule has 2 saturated heterocycles. The second-order valence-electron chi connectivity index (χ2n) is 8.81. The number of nitrogens with zero attached hydrogens (tertiary/aromatic N) is 3. The highest BCUT2D eigenvalue weighted by Crippen LogP contribution is 2.41. The van der Waals surface area contributed by atoms with Crippen molar-refractivity contribution in [3.63, 3.8) is 0 Å². The van der Waals surface area contributed by atoms with Crippen molar-refractivity contribution in [1.29, 1.82) is 0 Å². The molecule has 1 aliphatic carbocycles. The van der Waals surface area contributed by atoms with Gasteiger partial charge in [-0.05, 0) is 68.1 Å². The second kappa shape index (κ2) is 9.21. The average Bonchev–Trinajstić information content (AvgIpc) is 3.18. The van der Waals surface area contributed by atoms with E-state index >= 15 is 0 Å². The molecule has 0 unspecified atom stereocenters. The van der Waals surface area contributed by atoms with Crippen LogP contribution in [-0.2, 0) is 0 Å². The number of aromatic nitrogens is 1. The second-order valence-corrected chi connectivity index (χ2v) is 9.99. The highest BCUT2D eigenvalue weighted by molar-refractivity contribution is 7.98. The Labute approximate surface area is 184 Å². The molecular weight excluding hydrogens is 400 g/mol. The zero-order chi connectivity index (χ0) is 20.3. The van der Waals surface area contributed by atoms with E-state index in [0.717, 1.165) is 54.7 Å². The van der Waals surface area contributed by atoms with Crippen molar-refractivity contribution in [3.05, 3.63) is 23.9 Å². The van der Waals surface area contributed by atoms with Gasteiger partial charge in [-0.25, -0.2) is 4.98 Å². The summed E-state index contributed by atoms with van der Waals surface area (Å²) in [6, 6.07) is 4.32. The molecule has 1 aromatic rings. The fourth-order valence-corrected chi connectivity index (χ4v) is 5.96. The lowest BCUT2D eigenvalue weighted by Crippen LogP contribution is -2.47. The monoisotopic (exact) mass is 432 g/mol. The molecule has 0 atom stereocenters. The van der Waals surface area contributed by atoms with Gasteiger partial charge in [-0.15, -0.1) is 11.8 Å². The first-order chi connectivity index (χ1) is 14.1. The molecule has 2 aliphatic heterocycles. The Morgan fingerprint density at radius 2 is 1.86 bits per heavy atom. The molecule has 1 N–H and O–H groups in total. The highest BCUT2D eigenvalue weighted by atomic mass is 32.2. The number of carbonyl (C=O) groups is 1. The van der Waals surface area contributed by atoms with Gasteiger partial charge in [0.15, 0.2) is 5.11 Å². The van der Waals surface area contributed by atoms with E-state index in [1.54, 1.807) is 6.20 Å². The lowest BCUT2D eigenvalue weighted by molar-refractivity contribution is 0.0594. The van der Waals surface area contributed by atoms with Crippen molar-refractivity contribution in [2.45, 2.75) is 62.4 Å². The molecule has 0 radical (unpaired) electrons. The number of hydrogen-bond donors (Lipinski definition) is 1. The molecule has 0 aromatic carbocycles. The molecule has 5 nitrogen and oxygen atoms in total. The van der Waals surface area contributed by atoms with E-state index in [1.165, 1.54) is 50.3 Å². The Kier molecular flexibility index (Phi) is 6.64. The molecule has 3 heterocycles. The summed E-state index contributed by atoms with van der Waals surface area (Å²) in [5.74, 6) is 0.127. The molecule has 29 heavy (non-hydrogen) atoms. The summed E-state index contributed by atoms with van der Waals surface area (Å²) in [6.45, 7) is 3.75. The van der Waals surface area contributed by atoms with Crippen LogP contribution in [0.3, 0.4) is 0 Å². The van der Waals surface area contributed by atoms with Crippen LogP contribution in [0.2, 0.25) is 0 Å². The third-order valence-electron chi connectivity index (χ3n) is 6.96. The Bertz CT molecular complexity index is 742. The summed E-state index contributed by atoms with van der Waals surface area (Å²) in [7, 11) is 0. The number of nitrogens with one attached hydrogen (secondary N) is 1. The molecule has 4 rings (SSSR count). The van der Waals surface area contributed by atoms with Crippen LogP contribution in [0.1, 0.15) is 61.7 Å². The third-order valence-corrected chi connectivity index (χ3v) is 8.05. The Morgan fingerprint density at radius 3 is 2.55 bits per heavy atom. The molecule has 1 spiro atoms. The van der Waals surface area contributed by atoms with E-state index in [1.807, 2.05) is 23.3 Å². The highest BCUT2D eigenvalue weighted by Gasteiger charge is 2.42. The smallest absolute Gasteiger partial charge is 0.256 e. The summed E-state index contributed by atoms with van der Waals surface area (Å²) in [4.78, 5) is 21.8. The predicted molar refractivity (Wildman–Crippen MR) is 122 cm³/mol. The molecule has 3 aliphatic rings. The first-order valence-corrected chi connectivity index (χ1v) is 12.6. The van der Waals surface area contributed by atoms with Crippen LogP contribution >= 0.6 is 24.0 Å². The van der Waals surface area contributed by atoms with E-state index in [2.05, 4.69) is 15.2 Å². The first-order valence-electron chi connectivity index (χ1n) is 10.9. The SMILES string of the molecule is CSc1ncccc1C(=O)N1CCC2(CC1)CCN(C(=S)NC1CCCCC1)C2. The van der Waals surface area contributed by atoms with Crippen molar-refractivity contribution in [1.82, 2.24) is 20.1 Å².